The lowest BCUT2D eigenvalue weighted by Crippen LogP contribution is -2.48. The normalized spacial score (nSPS) is 17.0. The number of nitrogens with one attached hydrogen (secondary N) is 1. The van der Waals surface area contributed by atoms with E-state index in [1.165, 1.54) is 0 Å². The summed E-state index contributed by atoms with van der Waals surface area (Å²) in [4.78, 5) is 23.3. The lowest BCUT2D eigenvalue weighted by atomic mass is 10.0. The van der Waals surface area contributed by atoms with E-state index in [-0.39, 0.29) is 11.9 Å². The zero-order valence-corrected chi connectivity index (χ0v) is 15.2. The molecule has 1 aromatic carbocycles. The highest BCUT2D eigenvalue weighted by molar-refractivity contribution is 6.31. The number of piperidine rings is 1. The summed E-state index contributed by atoms with van der Waals surface area (Å²) in [5.41, 5.74) is 5.90. The van der Waals surface area contributed by atoms with Crippen LogP contribution in [0.1, 0.15) is 23.2 Å². The molecule has 8 heteroatoms. The van der Waals surface area contributed by atoms with Crippen LogP contribution in [0.4, 0.5) is 5.82 Å². The van der Waals surface area contributed by atoms with Gasteiger partial charge in [-0.2, -0.15) is 0 Å². The van der Waals surface area contributed by atoms with Crippen molar-refractivity contribution in [1.82, 2.24) is 15.3 Å². The van der Waals surface area contributed by atoms with Gasteiger partial charge in [0.15, 0.2) is 0 Å². The van der Waals surface area contributed by atoms with E-state index in [1.54, 1.807) is 36.8 Å². The Kier molecular flexibility index (Phi) is 6.25. The number of benzene rings is 1. The van der Waals surface area contributed by atoms with Crippen molar-refractivity contribution in [3.63, 3.8) is 0 Å². The summed E-state index contributed by atoms with van der Waals surface area (Å²) < 4.78 is 5.57. The molecule has 0 saturated carbocycles. The van der Waals surface area contributed by atoms with E-state index in [2.05, 4.69) is 20.2 Å². The smallest absolute Gasteiger partial charge is 0.255 e. The lowest BCUT2D eigenvalue weighted by molar-refractivity contribution is 0.0929. The first-order valence-corrected chi connectivity index (χ1v) is 8.99. The molecule has 1 unspecified atom stereocenters. The Bertz CT molecular complexity index is 744. The van der Waals surface area contributed by atoms with Crippen LogP contribution < -0.4 is 20.7 Å². The summed E-state index contributed by atoms with van der Waals surface area (Å²) >= 11 is 6.06. The minimum absolute atomic E-state index is 0.0135. The third-order valence-electron chi connectivity index (χ3n) is 4.19. The Morgan fingerprint density at radius 3 is 3.08 bits per heavy atom. The highest BCUT2D eigenvalue weighted by Crippen LogP contribution is 2.24. The van der Waals surface area contributed by atoms with E-state index in [0.29, 0.717) is 36.0 Å². The van der Waals surface area contributed by atoms with Gasteiger partial charge in [-0.3, -0.25) is 9.78 Å². The van der Waals surface area contributed by atoms with Crippen LogP contribution in [0, 0.1) is 0 Å². The van der Waals surface area contributed by atoms with E-state index in [4.69, 9.17) is 22.1 Å². The van der Waals surface area contributed by atoms with Gasteiger partial charge < -0.3 is 20.7 Å². The van der Waals surface area contributed by atoms with E-state index >= 15 is 0 Å². The summed E-state index contributed by atoms with van der Waals surface area (Å²) in [6, 6.07) is 5.02. The molecule has 0 radical (unpaired) electrons. The Morgan fingerprint density at radius 2 is 2.31 bits per heavy atom. The maximum atomic E-state index is 12.8. The minimum Gasteiger partial charge on any atom is -0.491 e. The van der Waals surface area contributed by atoms with E-state index < -0.39 is 0 Å². The van der Waals surface area contributed by atoms with Crippen LogP contribution in [-0.2, 0) is 0 Å². The van der Waals surface area contributed by atoms with Crippen LogP contribution in [-0.4, -0.2) is 48.2 Å². The van der Waals surface area contributed by atoms with Gasteiger partial charge in [-0.1, -0.05) is 11.6 Å². The fourth-order valence-corrected chi connectivity index (χ4v) is 3.17. The predicted octanol–water partition coefficient (Wildman–Crippen LogP) is 1.87. The molecular weight excluding hydrogens is 354 g/mol. The van der Waals surface area contributed by atoms with Gasteiger partial charge in [0.2, 0.25) is 0 Å². The fraction of sp³-hybridized carbons (Fsp3) is 0.389. The van der Waals surface area contributed by atoms with Gasteiger partial charge in [-0.05, 0) is 31.0 Å². The second-order valence-electron chi connectivity index (χ2n) is 6.10. The van der Waals surface area contributed by atoms with Gasteiger partial charge in [0.1, 0.15) is 18.2 Å². The molecule has 1 aliphatic rings. The molecule has 3 N–H and O–H groups in total. The molecule has 3 rings (SSSR count). The molecule has 2 heterocycles. The number of hydrogen-bond donors (Lipinski definition) is 2. The average molecular weight is 376 g/mol. The summed E-state index contributed by atoms with van der Waals surface area (Å²) in [5.74, 6) is 1.10. The van der Waals surface area contributed by atoms with E-state index in [9.17, 15) is 4.79 Å². The van der Waals surface area contributed by atoms with Gasteiger partial charge in [0.05, 0.1) is 11.8 Å². The Hall–Kier alpha value is -2.38. The highest BCUT2D eigenvalue weighted by atomic mass is 35.5. The molecule has 0 spiro atoms. The van der Waals surface area contributed by atoms with Crippen molar-refractivity contribution in [3.8, 4) is 5.75 Å². The van der Waals surface area contributed by atoms with Gasteiger partial charge in [0.25, 0.3) is 5.91 Å². The van der Waals surface area contributed by atoms with Crippen LogP contribution in [0.25, 0.3) is 0 Å². The van der Waals surface area contributed by atoms with Crippen LogP contribution in [0.15, 0.2) is 36.8 Å². The maximum Gasteiger partial charge on any atom is 0.255 e. The van der Waals surface area contributed by atoms with Crippen LogP contribution in [0.5, 0.6) is 5.75 Å². The third kappa shape index (κ3) is 4.62. The number of halogens is 1. The number of carbonyl (C=O) groups is 1. The molecule has 1 aliphatic heterocycles. The molecule has 7 nitrogen and oxygen atoms in total. The number of anilines is 1. The molecule has 138 valence electrons. The summed E-state index contributed by atoms with van der Waals surface area (Å²) in [6.45, 7) is 2.29. The van der Waals surface area contributed by atoms with Gasteiger partial charge >= 0.3 is 0 Å². The van der Waals surface area contributed by atoms with Gasteiger partial charge in [-0.15, -0.1) is 0 Å². The number of amides is 1. The van der Waals surface area contributed by atoms with Crippen molar-refractivity contribution in [3.05, 3.63) is 47.4 Å². The lowest BCUT2D eigenvalue weighted by Gasteiger charge is -2.33. The van der Waals surface area contributed by atoms with E-state index in [1.807, 2.05) is 0 Å². The van der Waals surface area contributed by atoms with Crippen molar-refractivity contribution in [2.24, 2.45) is 5.73 Å². The standard InChI is InChI=1S/C18H22ClN5O2/c19-13-3-4-16(26-9-5-20)15(10-13)18(25)23-14-2-1-8-24(12-14)17-11-21-6-7-22-17/h3-4,6-7,10-11,14H,1-2,5,8-9,12,20H2,(H,23,25). The summed E-state index contributed by atoms with van der Waals surface area (Å²) in [5, 5.41) is 3.57. The number of nitrogens with two attached hydrogens (primary N) is 1. The van der Waals surface area contributed by atoms with Gasteiger partial charge in [-0.25, -0.2) is 4.98 Å². The zero-order chi connectivity index (χ0) is 18.4. The van der Waals surface area contributed by atoms with Gasteiger partial charge in [0, 0.05) is 43.1 Å². The topological polar surface area (TPSA) is 93.4 Å². The number of nitrogens with zero attached hydrogens (tertiary/aromatic N) is 3. The molecule has 0 bridgehead atoms. The van der Waals surface area contributed by atoms with Crippen molar-refractivity contribution in [1.29, 1.82) is 0 Å². The first-order chi connectivity index (χ1) is 12.7. The number of aromatic nitrogens is 2. The molecule has 1 atom stereocenters. The SMILES string of the molecule is NCCOc1ccc(Cl)cc1C(=O)NC1CCCN(c2cnccn2)C1. The first-order valence-electron chi connectivity index (χ1n) is 8.61. The molecule has 1 amide bonds. The third-order valence-corrected chi connectivity index (χ3v) is 4.43. The van der Waals surface area contributed by atoms with Crippen molar-refractivity contribution in [2.75, 3.05) is 31.1 Å². The average Bonchev–Trinajstić information content (AvgIpc) is 2.68. The molecule has 0 aliphatic carbocycles. The zero-order valence-electron chi connectivity index (χ0n) is 14.4. The molecule has 1 aromatic heterocycles. The molecule has 2 aromatic rings. The number of carbonyl (C=O) groups excluding carboxylic acids is 1. The highest BCUT2D eigenvalue weighted by Gasteiger charge is 2.24. The fourth-order valence-electron chi connectivity index (χ4n) is 3.00. The molecule has 26 heavy (non-hydrogen) atoms. The molecule has 1 fully saturated rings. The van der Waals surface area contributed by atoms with Crippen molar-refractivity contribution < 1.29 is 9.53 Å². The monoisotopic (exact) mass is 375 g/mol. The van der Waals surface area contributed by atoms with Crippen molar-refractivity contribution in [2.45, 2.75) is 18.9 Å². The maximum absolute atomic E-state index is 12.8. The summed E-state index contributed by atoms with van der Waals surface area (Å²) in [7, 11) is 0. The Morgan fingerprint density at radius 1 is 1.42 bits per heavy atom. The summed E-state index contributed by atoms with van der Waals surface area (Å²) in [6.07, 6.45) is 6.93. The number of ether oxygens (including phenoxy) is 1. The van der Waals surface area contributed by atoms with Crippen LogP contribution in [0.2, 0.25) is 5.02 Å². The Labute approximate surface area is 157 Å². The first kappa shape index (κ1) is 18.4. The number of hydrogen-bond acceptors (Lipinski definition) is 6. The second-order valence-corrected chi connectivity index (χ2v) is 6.54. The van der Waals surface area contributed by atoms with E-state index in [0.717, 1.165) is 25.2 Å². The Balaban J connectivity index is 1.68. The predicted molar refractivity (Wildman–Crippen MR) is 101 cm³/mol. The minimum atomic E-state index is -0.203. The number of rotatable bonds is 6. The quantitative estimate of drug-likeness (QED) is 0.800. The van der Waals surface area contributed by atoms with Crippen molar-refractivity contribution >= 4 is 23.3 Å². The van der Waals surface area contributed by atoms with Crippen LogP contribution >= 0.6 is 11.6 Å². The molecular formula is C18H22ClN5O2. The van der Waals surface area contributed by atoms with Crippen LogP contribution in [0.3, 0.4) is 0 Å². The largest absolute Gasteiger partial charge is 0.491 e. The second kappa shape index (κ2) is 8.82. The molecule has 1 saturated heterocycles.